The number of hydrogen-bond acceptors (Lipinski definition) is 5. The molecule has 128 valence electrons. The molecule has 1 heterocycles. The first-order valence-corrected chi connectivity index (χ1v) is 9.38. The number of rotatable bonds is 3. The van der Waals surface area contributed by atoms with E-state index in [4.69, 9.17) is 4.74 Å². The summed E-state index contributed by atoms with van der Waals surface area (Å²) in [6.07, 6.45) is 3.31. The maximum atomic E-state index is 12.9. The van der Waals surface area contributed by atoms with Crippen LogP contribution in [-0.4, -0.2) is 37.3 Å². The van der Waals surface area contributed by atoms with Crippen LogP contribution in [-0.2, 0) is 14.8 Å². The molecule has 1 aromatic rings. The van der Waals surface area contributed by atoms with Crippen molar-refractivity contribution < 1.29 is 22.7 Å². The highest BCUT2D eigenvalue weighted by Crippen LogP contribution is 2.53. The fourth-order valence-electron chi connectivity index (χ4n) is 4.38. The molecule has 2 aliphatic carbocycles. The fourth-order valence-corrected chi connectivity index (χ4v) is 5.72. The molecule has 3 atom stereocenters. The van der Waals surface area contributed by atoms with Crippen LogP contribution in [0.15, 0.2) is 29.2 Å². The van der Waals surface area contributed by atoms with Crippen molar-refractivity contribution in [2.75, 3.05) is 7.11 Å². The Morgan fingerprint density at radius 1 is 1.21 bits per heavy atom. The topological polar surface area (TPSA) is 92.8 Å². The number of benzene rings is 1. The van der Waals surface area contributed by atoms with Gasteiger partial charge in [-0.1, -0.05) is 0 Å². The Kier molecular flexibility index (Phi) is 3.19. The molecule has 1 aliphatic heterocycles. The summed E-state index contributed by atoms with van der Waals surface area (Å²) in [6, 6.07) is 4.79. The van der Waals surface area contributed by atoms with Gasteiger partial charge in [0.05, 0.1) is 12.0 Å². The summed E-state index contributed by atoms with van der Waals surface area (Å²) in [7, 11) is -2.75. The summed E-state index contributed by atoms with van der Waals surface area (Å²) in [5, 5.41) is 2.69. The van der Waals surface area contributed by atoms with E-state index in [-0.39, 0.29) is 10.8 Å². The predicted molar refractivity (Wildman–Crippen MR) is 83.7 cm³/mol. The van der Waals surface area contributed by atoms with Crippen molar-refractivity contribution in [1.82, 2.24) is 9.62 Å². The minimum atomic E-state index is -4.23. The zero-order valence-corrected chi connectivity index (χ0v) is 14.0. The highest BCUT2D eigenvalue weighted by Gasteiger charge is 2.64. The highest BCUT2D eigenvalue weighted by atomic mass is 32.2. The van der Waals surface area contributed by atoms with E-state index in [9.17, 15) is 18.0 Å². The Morgan fingerprint density at radius 2 is 1.92 bits per heavy atom. The number of nitrogens with zero attached hydrogens (tertiary/aromatic N) is 1. The van der Waals surface area contributed by atoms with E-state index in [1.165, 1.54) is 31.4 Å². The number of ether oxygens (including phenoxy) is 1. The third-order valence-corrected chi connectivity index (χ3v) is 7.21. The second-order valence-corrected chi connectivity index (χ2v) is 8.52. The van der Waals surface area contributed by atoms with E-state index in [0.29, 0.717) is 22.4 Å². The van der Waals surface area contributed by atoms with Gasteiger partial charge in [0.2, 0.25) is 0 Å². The number of methoxy groups -OCH3 is 1. The Hall–Kier alpha value is -2.09. The summed E-state index contributed by atoms with van der Waals surface area (Å²) in [4.78, 5) is 25.2. The number of urea groups is 1. The van der Waals surface area contributed by atoms with Gasteiger partial charge in [0.15, 0.2) is 0 Å². The maximum Gasteiger partial charge on any atom is 0.339 e. The van der Waals surface area contributed by atoms with E-state index in [2.05, 4.69) is 5.32 Å². The number of carbonyl (C=O) groups excluding carboxylic acids is 2. The molecule has 3 aliphatic rings. The first kappa shape index (κ1) is 15.4. The van der Waals surface area contributed by atoms with Crippen LogP contribution in [0.4, 0.5) is 4.79 Å². The largest absolute Gasteiger partial charge is 0.497 e. The van der Waals surface area contributed by atoms with E-state index in [0.717, 1.165) is 19.3 Å². The molecule has 1 spiro atoms. The smallest absolute Gasteiger partial charge is 0.339 e. The zero-order valence-electron chi connectivity index (χ0n) is 13.2. The van der Waals surface area contributed by atoms with E-state index in [1.807, 2.05) is 0 Å². The molecule has 2 bridgehead atoms. The minimum absolute atomic E-state index is 0.0371. The molecule has 1 saturated heterocycles. The van der Waals surface area contributed by atoms with Gasteiger partial charge in [-0.25, -0.2) is 13.2 Å². The lowest BCUT2D eigenvalue weighted by atomic mass is 9.81. The second-order valence-electron chi connectivity index (χ2n) is 6.73. The number of sulfonamides is 1. The summed E-state index contributed by atoms with van der Waals surface area (Å²) >= 11 is 0. The monoisotopic (exact) mass is 350 g/mol. The molecule has 0 radical (unpaired) electrons. The van der Waals surface area contributed by atoms with Gasteiger partial charge < -0.3 is 10.1 Å². The lowest BCUT2D eigenvalue weighted by Gasteiger charge is -2.30. The van der Waals surface area contributed by atoms with Crippen LogP contribution in [0, 0.1) is 11.8 Å². The molecule has 3 amide bonds. The first-order chi connectivity index (χ1) is 11.4. The third kappa shape index (κ3) is 1.92. The number of hydrogen-bond donors (Lipinski definition) is 1. The van der Waals surface area contributed by atoms with Crippen molar-refractivity contribution >= 4 is 22.0 Å². The molecular weight excluding hydrogens is 332 g/mol. The molecule has 4 rings (SSSR count). The lowest BCUT2D eigenvalue weighted by molar-refractivity contribution is -0.129. The van der Waals surface area contributed by atoms with Crippen molar-refractivity contribution in [2.45, 2.75) is 36.1 Å². The third-order valence-electron chi connectivity index (χ3n) is 5.53. The average Bonchev–Trinajstić information content (AvgIpc) is 3.22. The first-order valence-electron chi connectivity index (χ1n) is 7.94. The molecule has 3 fully saturated rings. The van der Waals surface area contributed by atoms with Crippen LogP contribution < -0.4 is 10.1 Å². The van der Waals surface area contributed by atoms with Crippen LogP contribution in [0.1, 0.15) is 25.7 Å². The normalized spacial score (nSPS) is 31.8. The Labute approximate surface area is 140 Å². The number of carbonyl (C=O) groups is 2. The van der Waals surface area contributed by atoms with Crippen molar-refractivity contribution in [2.24, 2.45) is 11.8 Å². The molecular formula is C16H18N2O5S. The van der Waals surface area contributed by atoms with Crippen LogP contribution >= 0.6 is 0 Å². The van der Waals surface area contributed by atoms with Crippen molar-refractivity contribution in [3.8, 4) is 5.75 Å². The Morgan fingerprint density at radius 3 is 2.46 bits per heavy atom. The van der Waals surface area contributed by atoms with Gasteiger partial charge >= 0.3 is 6.03 Å². The van der Waals surface area contributed by atoms with Crippen LogP contribution in [0.2, 0.25) is 0 Å². The van der Waals surface area contributed by atoms with Crippen molar-refractivity contribution in [3.63, 3.8) is 0 Å². The second kappa shape index (κ2) is 4.95. The van der Waals surface area contributed by atoms with Gasteiger partial charge in [0.1, 0.15) is 11.3 Å². The van der Waals surface area contributed by atoms with Crippen molar-refractivity contribution in [3.05, 3.63) is 24.3 Å². The van der Waals surface area contributed by atoms with Crippen LogP contribution in [0.5, 0.6) is 5.75 Å². The summed E-state index contributed by atoms with van der Waals surface area (Å²) in [5.74, 6) is 0.296. The fraction of sp³-hybridized carbons (Fsp3) is 0.500. The van der Waals surface area contributed by atoms with Gasteiger partial charge in [-0.05, 0) is 61.8 Å². The SMILES string of the molecule is COc1ccc(S(=O)(=O)N2C(=O)NC3(C[C@@H]4CC[C@H]3C4)C2=O)cc1. The molecule has 0 aromatic heterocycles. The van der Waals surface area contributed by atoms with Crippen LogP contribution in [0.25, 0.3) is 0 Å². The standard InChI is InChI=1S/C16H18N2O5S/c1-23-12-4-6-13(7-5-12)24(21,22)18-14(19)16(17-15(18)20)9-10-2-3-11(16)8-10/h4-7,10-11H,2-3,8-9H2,1H3,(H,17,20)/t10-,11+,16?/m1/s1. The van der Waals surface area contributed by atoms with Gasteiger partial charge in [0, 0.05) is 0 Å². The molecule has 7 nitrogen and oxygen atoms in total. The molecule has 1 aromatic carbocycles. The quantitative estimate of drug-likeness (QED) is 0.834. The predicted octanol–water partition coefficient (Wildman–Crippen LogP) is 1.49. The van der Waals surface area contributed by atoms with Gasteiger partial charge in [-0.15, -0.1) is 4.31 Å². The molecule has 24 heavy (non-hydrogen) atoms. The highest BCUT2D eigenvalue weighted by molar-refractivity contribution is 7.90. The average molecular weight is 350 g/mol. The number of amides is 3. The molecule has 8 heteroatoms. The Balaban J connectivity index is 1.70. The number of nitrogens with one attached hydrogen (secondary N) is 1. The van der Waals surface area contributed by atoms with Gasteiger partial charge in [0.25, 0.3) is 15.9 Å². The summed E-state index contributed by atoms with van der Waals surface area (Å²) < 4.78 is 31.0. The van der Waals surface area contributed by atoms with Gasteiger partial charge in [-0.2, -0.15) is 0 Å². The maximum absolute atomic E-state index is 12.9. The van der Waals surface area contributed by atoms with E-state index in [1.54, 1.807) is 0 Å². The number of fused-ring (bicyclic) bond motifs is 3. The Bertz CT molecular complexity index is 819. The van der Waals surface area contributed by atoms with E-state index >= 15 is 0 Å². The molecule has 2 saturated carbocycles. The summed E-state index contributed by atoms with van der Waals surface area (Å²) in [6.45, 7) is 0. The lowest BCUT2D eigenvalue weighted by Crippen LogP contribution is -2.51. The molecule has 1 unspecified atom stereocenters. The van der Waals surface area contributed by atoms with E-state index < -0.39 is 27.5 Å². The number of imide groups is 1. The van der Waals surface area contributed by atoms with Crippen LogP contribution in [0.3, 0.4) is 0 Å². The minimum Gasteiger partial charge on any atom is -0.497 e. The summed E-state index contributed by atoms with van der Waals surface area (Å²) in [5.41, 5.74) is -1.03. The van der Waals surface area contributed by atoms with Gasteiger partial charge in [-0.3, -0.25) is 4.79 Å². The molecule has 1 N–H and O–H groups in total. The van der Waals surface area contributed by atoms with Crippen molar-refractivity contribution in [1.29, 1.82) is 0 Å². The zero-order chi connectivity index (χ0) is 17.1.